The number of rotatable bonds is 5. The average molecular weight is 318 g/mol. The Labute approximate surface area is 134 Å². The maximum absolute atomic E-state index is 9.17. The summed E-state index contributed by atoms with van der Waals surface area (Å²) in [5.41, 5.74) is 2.10. The number of benzene rings is 2. The first-order chi connectivity index (χ1) is 10.7. The van der Waals surface area contributed by atoms with Crippen LogP contribution in [-0.4, -0.2) is 25.1 Å². The van der Waals surface area contributed by atoms with Crippen molar-refractivity contribution in [3.63, 3.8) is 0 Å². The number of hydrogen-bond acceptors (Lipinski definition) is 4. The number of nitrogens with zero attached hydrogens (tertiary/aromatic N) is 1. The van der Waals surface area contributed by atoms with E-state index in [1.165, 1.54) is 0 Å². The van der Waals surface area contributed by atoms with Gasteiger partial charge in [0.15, 0.2) is 11.5 Å². The number of ether oxygens (including phenoxy) is 2. The highest BCUT2D eigenvalue weighted by Gasteiger charge is 2.04. The van der Waals surface area contributed by atoms with Gasteiger partial charge in [0.1, 0.15) is 5.71 Å². The van der Waals surface area contributed by atoms with Gasteiger partial charge < -0.3 is 14.7 Å². The van der Waals surface area contributed by atoms with Crippen LogP contribution in [0.3, 0.4) is 0 Å². The third-order valence-corrected chi connectivity index (χ3v) is 3.34. The van der Waals surface area contributed by atoms with Crippen LogP contribution in [-0.2, 0) is 0 Å². The zero-order chi connectivity index (χ0) is 15.9. The van der Waals surface area contributed by atoms with Gasteiger partial charge in [0.25, 0.3) is 0 Å². The summed E-state index contributed by atoms with van der Waals surface area (Å²) in [4.78, 5) is 0. The molecule has 1 N–H and O–H groups in total. The van der Waals surface area contributed by atoms with Crippen molar-refractivity contribution in [2.24, 2.45) is 5.16 Å². The Morgan fingerprint density at radius 1 is 1.05 bits per heavy atom. The molecule has 0 aliphatic carbocycles. The first-order valence-corrected chi connectivity index (χ1v) is 6.94. The summed E-state index contributed by atoms with van der Waals surface area (Å²) in [6, 6.07) is 12.6. The molecule has 0 aliphatic heterocycles. The molecule has 0 bridgehead atoms. The monoisotopic (exact) mass is 317 g/mol. The maximum atomic E-state index is 9.17. The van der Waals surface area contributed by atoms with Gasteiger partial charge in [-0.3, -0.25) is 0 Å². The zero-order valence-electron chi connectivity index (χ0n) is 12.3. The molecule has 5 heteroatoms. The van der Waals surface area contributed by atoms with Crippen molar-refractivity contribution in [1.29, 1.82) is 0 Å². The lowest BCUT2D eigenvalue weighted by Gasteiger charge is -2.07. The molecule has 0 unspecified atom stereocenters. The third kappa shape index (κ3) is 3.80. The molecule has 0 aromatic heterocycles. The van der Waals surface area contributed by atoms with Crippen LogP contribution in [0.1, 0.15) is 11.1 Å². The number of halogens is 1. The van der Waals surface area contributed by atoms with Gasteiger partial charge in [-0.1, -0.05) is 41.0 Å². The van der Waals surface area contributed by atoms with Crippen molar-refractivity contribution in [1.82, 2.24) is 0 Å². The first kappa shape index (κ1) is 15.9. The molecule has 0 atom stereocenters. The second-order valence-electron chi connectivity index (χ2n) is 4.44. The van der Waals surface area contributed by atoms with E-state index in [1.54, 1.807) is 44.6 Å². The predicted molar refractivity (Wildman–Crippen MR) is 88.4 cm³/mol. The van der Waals surface area contributed by atoms with Gasteiger partial charge in [-0.05, 0) is 35.9 Å². The molecule has 0 spiro atoms. The third-order valence-electron chi connectivity index (χ3n) is 3.09. The van der Waals surface area contributed by atoms with Crippen molar-refractivity contribution >= 4 is 23.4 Å². The first-order valence-electron chi connectivity index (χ1n) is 6.56. The molecule has 0 fully saturated rings. The van der Waals surface area contributed by atoms with E-state index in [-0.39, 0.29) is 0 Å². The molecule has 0 heterocycles. The number of oxime groups is 1. The minimum absolute atomic E-state index is 0.437. The Bertz CT molecular complexity index is 694. The van der Waals surface area contributed by atoms with Gasteiger partial charge in [0.05, 0.1) is 14.2 Å². The smallest absolute Gasteiger partial charge is 0.161 e. The van der Waals surface area contributed by atoms with E-state index in [1.807, 2.05) is 24.3 Å². The minimum atomic E-state index is 0.437. The second kappa shape index (κ2) is 7.52. The van der Waals surface area contributed by atoms with E-state index < -0.39 is 0 Å². The fourth-order valence-electron chi connectivity index (χ4n) is 1.94. The van der Waals surface area contributed by atoms with Crippen LogP contribution < -0.4 is 9.47 Å². The lowest BCUT2D eigenvalue weighted by molar-refractivity contribution is 0.320. The Balaban J connectivity index is 2.24. The van der Waals surface area contributed by atoms with Gasteiger partial charge in [0.2, 0.25) is 0 Å². The van der Waals surface area contributed by atoms with Gasteiger partial charge in [-0.15, -0.1) is 0 Å². The van der Waals surface area contributed by atoms with Crippen LogP contribution in [0, 0.1) is 0 Å². The number of allylic oxidation sites excluding steroid dienone is 1. The Kier molecular flexibility index (Phi) is 5.44. The van der Waals surface area contributed by atoms with Crippen molar-refractivity contribution in [2.75, 3.05) is 14.2 Å². The lowest BCUT2D eigenvalue weighted by atomic mass is 10.1. The van der Waals surface area contributed by atoms with Crippen molar-refractivity contribution in [2.45, 2.75) is 0 Å². The molecule has 22 heavy (non-hydrogen) atoms. The van der Waals surface area contributed by atoms with Crippen LogP contribution in [0.15, 0.2) is 53.7 Å². The lowest BCUT2D eigenvalue weighted by Crippen LogP contribution is -1.96. The summed E-state index contributed by atoms with van der Waals surface area (Å²) in [7, 11) is 3.17. The average Bonchev–Trinajstić information content (AvgIpc) is 2.56. The van der Waals surface area contributed by atoms with Crippen LogP contribution in [0.5, 0.6) is 11.5 Å². The van der Waals surface area contributed by atoms with Gasteiger partial charge in [-0.25, -0.2) is 0 Å². The van der Waals surface area contributed by atoms with E-state index in [0.717, 1.165) is 11.1 Å². The van der Waals surface area contributed by atoms with Crippen LogP contribution in [0.2, 0.25) is 5.02 Å². The molecule has 0 radical (unpaired) electrons. The molecule has 0 saturated heterocycles. The van der Waals surface area contributed by atoms with E-state index >= 15 is 0 Å². The second-order valence-corrected chi connectivity index (χ2v) is 4.88. The standard InChI is InChI=1S/C17H16ClNO3/c1-21-16-10-4-12(11-17(16)22-2)3-9-15(19-20)13-5-7-14(18)8-6-13/h3-11,20H,1-2H3/b9-3+,19-15-. The molecule has 0 aliphatic rings. The molecule has 2 rings (SSSR count). The van der Waals surface area contributed by atoms with E-state index in [2.05, 4.69) is 5.16 Å². The molecule has 2 aromatic rings. The highest BCUT2D eigenvalue weighted by Crippen LogP contribution is 2.28. The van der Waals surface area contributed by atoms with E-state index in [4.69, 9.17) is 26.3 Å². The van der Waals surface area contributed by atoms with E-state index in [0.29, 0.717) is 22.2 Å². The fraction of sp³-hybridized carbons (Fsp3) is 0.118. The SMILES string of the molecule is COc1ccc(/C=C/C(=N/O)c2ccc(Cl)cc2)cc1OC. The molecular formula is C17H16ClNO3. The predicted octanol–water partition coefficient (Wildman–Crippen LogP) is 4.25. The number of hydrogen-bond donors (Lipinski definition) is 1. The zero-order valence-corrected chi connectivity index (χ0v) is 13.0. The van der Waals surface area contributed by atoms with Gasteiger partial charge in [-0.2, -0.15) is 0 Å². The van der Waals surface area contributed by atoms with Crippen LogP contribution >= 0.6 is 11.6 Å². The van der Waals surface area contributed by atoms with E-state index in [9.17, 15) is 0 Å². The van der Waals surface area contributed by atoms with Crippen LogP contribution in [0.25, 0.3) is 6.08 Å². The Hall–Kier alpha value is -2.46. The Morgan fingerprint density at radius 2 is 1.73 bits per heavy atom. The van der Waals surface area contributed by atoms with Gasteiger partial charge >= 0.3 is 0 Å². The maximum Gasteiger partial charge on any atom is 0.161 e. The quantitative estimate of drug-likeness (QED) is 0.509. The molecule has 0 saturated carbocycles. The minimum Gasteiger partial charge on any atom is -0.493 e. The summed E-state index contributed by atoms with van der Waals surface area (Å²) < 4.78 is 10.4. The normalized spacial score (nSPS) is 11.7. The molecule has 0 amide bonds. The summed E-state index contributed by atoms with van der Waals surface area (Å²) in [5, 5.41) is 13.1. The summed E-state index contributed by atoms with van der Waals surface area (Å²) in [6.07, 6.45) is 3.54. The summed E-state index contributed by atoms with van der Waals surface area (Å²) >= 11 is 5.85. The highest BCUT2D eigenvalue weighted by atomic mass is 35.5. The topological polar surface area (TPSA) is 51.0 Å². The summed E-state index contributed by atoms with van der Waals surface area (Å²) in [5.74, 6) is 1.30. The molecule has 4 nitrogen and oxygen atoms in total. The van der Waals surface area contributed by atoms with Crippen molar-refractivity contribution < 1.29 is 14.7 Å². The van der Waals surface area contributed by atoms with Crippen LogP contribution in [0.4, 0.5) is 0 Å². The van der Waals surface area contributed by atoms with Crippen molar-refractivity contribution in [3.8, 4) is 11.5 Å². The van der Waals surface area contributed by atoms with Gasteiger partial charge in [0, 0.05) is 10.6 Å². The molecule has 114 valence electrons. The van der Waals surface area contributed by atoms with Crippen molar-refractivity contribution in [3.05, 3.63) is 64.7 Å². The molecular weight excluding hydrogens is 302 g/mol. The highest BCUT2D eigenvalue weighted by molar-refractivity contribution is 6.30. The summed E-state index contributed by atoms with van der Waals surface area (Å²) in [6.45, 7) is 0. The molecule has 2 aromatic carbocycles. The largest absolute Gasteiger partial charge is 0.493 e. The Morgan fingerprint density at radius 3 is 2.32 bits per heavy atom. The fourth-order valence-corrected chi connectivity index (χ4v) is 2.07. The number of methoxy groups -OCH3 is 2.